The van der Waals surface area contributed by atoms with Crippen LogP contribution in [0.4, 0.5) is 20.4 Å². The van der Waals surface area contributed by atoms with Gasteiger partial charge in [-0.3, -0.25) is 9.36 Å². The van der Waals surface area contributed by atoms with Crippen LogP contribution in [0, 0.1) is 18.6 Å². The minimum atomic E-state index is -1.15. The number of aryl methyl sites for hydroxylation is 1. The highest BCUT2D eigenvalue weighted by Gasteiger charge is 2.23. The molecule has 0 saturated carbocycles. The van der Waals surface area contributed by atoms with Crippen LogP contribution in [0.5, 0.6) is 0 Å². The van der Waals surface area contributed by atoms with Crippen LogP contribution in [-0.2, 0) is 16.5 Å². The van der Waals surface area contributed by atoms with Gasteiger partial charge in [-0.25, -0.2) is 18.6 Å². The van der Waals surface area contributed by atoms with Crippen molar-refractivity contribution < 1.29 is 23.0 Å². The number of aromatic nitrogens is 2. The van der Waals surface area contributed by atoms with Gasteiger partial charge >= 0.3 is 5.97 Å². The highest BCUT2D eigenvalue weighted by molar-refractivity contribution is 5.96. The summed E-state index contributed by atoms with van der Waals surface area (Å²) in [6, 6.07) is 4.87. The molecular weight excluding hydrogens is 446 g/mol. The third-order valence-electron chi connectivity index (χ3n) is 5.93. The molecule has 0 bridgehead atoms. The Morgan fingerprint density at radius 2 is 1.85 bits per heavy atom. The van der Waals surface area contributed by atoms with E-state index in [1.807, 2.05) is 17.9 Å². The number of nitrogens with one attached hydrogen (secondary N) is 1. The maximum atomic E-state index is 14.0. The maximum absolute atomic E-state index is 14.0. The quantitative estimate of drug-likeness (QED) is 0.570. The molecule has 0 spiro atoms. The van der Waals surface area contributed by atoms with Gasteiger partial charge in [-0.15, -0.1) is 0 Å². The second kappa shape index (κ2) is 9.38. The average molecular weight is 472 g/mol. The molecule has 34 heavy (non-hydrogen) atoms. The van der Waals surface area contributed by atoms with Crippen LogP contribution < -0.4 is 15.8 Å². The minimum absolute atomic E-state index is 0.0742. The lowest BCUT2D eigenvalue weighted by Crippen LogP contribution is -2.40. The highest BCUT2D eigenvalue weighted by Crippen LogP contribution is 2.30. The van der Waals surface area contributed by atoms with Gasteiger partial charge < -0.3 is 19.7 Å². The molecule has 2 heterocycles. The summed E-state index contributed by atoms with van der Waals surface area (Å²) < 4.78 is 39.5. The molecule has 0 amide bonds. The van der Waals surface area contributed by atoms with Gasteiger partial charge in [0, 0.05) is 31.8 Å². The van der Waals surface area contributed by atoms with Crippen LogP contribution in [0.15, 0.2) is 29.1 Å². The van der Waals surface area contributed by atoms with E-state index in [1.165, 1.54) is 4.57 Å². The zero-order chi connectivity index (χ0) is 24.6. The largest absolute Gasteiger partial charge is 0.465 e. The van der Waals surface area contributed by atoms with E-state index in [2.05, 4.69) is 5.32 Å². The molecule has 4 rings (SSSR count). The Hall–Kier alpha value is -3.53. The minimum Gasteiger partial charge on any atom is -0.465 e. The molecule has 3 aromatic rings. The van der Waals surface area contributed by atoms with Gasteiger partial charge in [0.1, 0.15) is 0 Å². The Labute approximate surface area is 195 Å². The van der Waals surface area contributed by atoms with Gasteiger partial charge in [0.25, 0.3) is 5.56 Å². The molecule has 10 heteroatoms. The first-order chi connectivity index (χ1) is 16.2. The topological polar surface area (TPSA) is 85.7 Å². The van der Waals surface area contributed by atoms with Crippen molar-refractivity contribution in [3.63, 3.8) is 0 Å². The first kappa shape index (κ1) is 23.6. The van der Waals surface area contributed by atoms with Crippen LogP contribution >= 0.6 is 0 Å². The third kappa shape index (κ3) is 4.33. The summed E-state index contributed by atoms with van der Waals surface area (Å²) in [4.78, 5) is 32.2. The molecule has 1 aliphatic rings. The van der Waals surface area contributed by atoms with Crippen LogP contribution in [0.3, 0.4) is 0 Å². The molecule has 180 valence electrons. The summed E-state index contributed by atoms with van der Waals surface area (Å²) in [7, 11) is 2.85. The Bertz CT molecular complexity index is 1320. The fraction of sp³-hybridized carbons (Fsp3) is 0.375. The molecule has 2 aromatic carbocycles. The van der Waals surface area contributed by atoms with Crippen LogP contribution in [0.25, 0.3) is 10.9 Å². The zero-order valence-electron chi connectivity index (χ0n) is 19.4. The summed E-state index contributed by atoms with van der Waals surface area (Å²) in [5, 5.41) is 3.52. The van der Waals surface area contributed by atoms with Crippen molar-refractivity contribution in [3.05, 3.63) is 62.9 Å². The summed E-state index contributed by atoms with van der Waals surface area (Å²) in [6.45, 7) is 5.96. The van der Waals surface area contributed by atoms with E-state index in [0.29, 0.717) is 48.7 Å². The van der Waals surface area contributed by atoms with E-state index >= 15 is 0 Å². The van der Waals surface area contributed by atoms with Crippen molar-refractivity contribution in [1.82, 2.24) is 9.55 Å². The van der Waals surface area contributed by atoms with Crippen molar-refractivity contribution in [3.8, 4) is 0 Å². The third-order valence-corrected chi connectivity index (χ3v) is 5.93. The molecule has 1 saturated heterocycles. The first-order valence-electron chi connectivity index (χ1n) is 10.9. The van der Waals surface area contributed by atoms with Gasteiger partial charge in [0.15, 0.2) is 11.6 Å². The summed E-state index contributed by atoms with van der Waals surface area (Å²) >= 11 is 0. The molecule has 1 atom stereocenters. The van der Waals surface area contributed by atoms with E-state index in [9.17, 15) is 18.4 Å². The van der Waals surface area contributed by atoms with Crippen LogP contribution in [-0.4, -0.2) is 48.9 Å². The number of hydrogen-bond acceptors (Lipinski definition) is 7. The molecule has 1 aliphatic heterocycles. The number of fused-ring (bicyclic) bond motifs is 1. The van der Waals surface area contributed by atoms with E-state index in [0.717, 1.165) is 24.8 Å². The molecule has 0 radical (unpaired) electrons. The van der Waals surface area contributed by atoms with Gasteiger partial charge in [-0.2, -0.15) is 0 Å². The van der Waals surface area contributed by atoms with E-state index < -0.39 is 23.6 Å². The van der Waals surface area contributed by atoms with Crippen molar-refractivity contribution in [1.29, 1.82) is 0 Å². The SMILES string of the molecule is COC(=O)c1cc(F)c(F)cc1N[C@H](C)c1cc(C)cc2c(=O)n(C)c(N3CCOCC3)nc12. The maximum Gasteiger partial charge on any atom is 0.340 e. The Morgan fingerprint density at radius 1 is 1.18 bits per heavy atom. The van der Waals surface area contributed by atoms with Crippen LogP contribution in [0.2, 0.25) is 0 Å². The summed E-state index contributed by atoms with van der Waals surface area (Å²) in [5.41, 5.74) is 1.77. The number of hydrogen-bond donors (Lipinski definition) is 1. The first-order valence-corrected chi connectivity index (χ1v) is 10.9. The van der Waals surface area contributed by atoms with Crippen LogP contribution in [0.1, 0.15) is 34.5 Å². The van der Waals surface area contributed by atoms with E-state index in [1.54, 1.807) is 20.0 Å². The average Bonchev–Trinajstić information content (AvgIpc) is 2.83. The number of esters is 1. The molecule has 0 unspecified atom stereocenters. The lowest BCUT2D eigenvalue weighted by atomic mass is 10.0. The lowest BCUT2D eigenvalue weighted by Gasteiger charge is -2.29. The number of ether oxygens (including phenoxy) is 2. The number of carbonyl (C=O) groups is 1. The van der Waals surface area contributed by atoms with Gasteiger partial charge in [0.05, 0.1) is 48.5 Å². The lowest BCUT2D eigenvalue weighted by molar-refractivity contribution is 0.0601. The van der Waals surface area contributed by atoms with Gasteiger partial charge in [-0.1, -0.05) is 6.07 Å². The number of benzene rings is 2. The summed E-state index contributed by atoms with van der Waals surface area (Å²) in [6.07, 6.45) is 0. The van der Waals surface area contributed by atoms with Crippen molar-refractivity contribution >= 4 is 28.5 Å². The number of halogens is 2. The van der Waals surface area contributed by atoms with E-state index in [-0.39, 0.29) is 16.8 Å². The molecule has 1 N–H and O–H groups in total. The fourth-order valence-corrected chi connectivity index (χ4v) is 4.17. The highest BCUT2D eigenvalue weighted by atomic mass is 19.2. The Kier molecular flexibility index (Phi) is 6.52. The molecule has 8 nitrogen and oxygen atoms in total. The standard InChI is InChI=1S/C24H26F2N4O4/c1-13-9-15(14(2)27-20-12-19(26)18(25)11-16(20)23(32)33-4)21-17(10-13)22(31)29(3)24(28-21)30-5-7-34-8-6-30/h9-12,14,27H,5-8H2,1-4H3/t14-/m1/s1. The number of anilines is 2. The monoisotopic (exact) mass is 472 g/mol. The van der Waals surface area contributed by atoms with Crippen molar-refractivity contribution in [2.75, 3.05) is 43.6 Å². The molecule has 1 aromatic heterocycles. The Balaban J connectivity index is 1.83. The fourth-order valence-electron chi connectivity index (χ4n) is 4.17. The van der Waals surface area contributed by atoms with Gasteiger partial charge in [-0.05, 0) is 31.5 Å². The normalized spacial score (nSPS) is 14.8. The molecular formula is C24H26F2N4O4. The summed E-state index contributed by atoms with van der Waals surface area (Å²) in [5.74, 6) is -2.52. The second-order valence-corrected chi connectivity index (χ2v) is 8.30. The number of morpholine rings is 1. The van der Waals surface area contributed by atoms with Crippen molar-refractivity contribution in [2.45, 2.75) is 19.9 Å². The number of rotatable bonds is 5. The number of carbonyl (C=O) groups excluding carboxylic acids is 1. The molecule has 1 fully saturated rings. The Morgan fingerprint density at radius 3 is 2.53 bits per heavy atom. The predicted octanol–water partition coefficient (Wildman–Crippen LogP) is 3.32. The zero-order valence-corrected chi connectivity index (χ0v) is 19.4. The van der Waals surface area contributed by atoms with E-state index in [4.69, 9.17) is 14.5 Å². The second-order valence-electron chi connectivity index (χ2n) is 8.30. The smallest absolute Gasteiger partial charge is 0.340 e. The number of methoxy groups -OCH3 is 1. The van der Waals surface area contributed by atoms with Crippen molar-refractivity contribution in [2.24, 2.45) is 7.05 Å². The molecule has 0 aliphatic carbocycles. The predicted molar refractivity (Wildman–Crippen MR) is 124 cm³/mol. The number of nitrogens with zero attached hydrogens (tertiary/aromatic N) is 3. The van der Waals surface area contributed by atoms with Gasteiger partial charge in [0.2, 0.25) is 5.95 Å².